The molecule has 0 spiro atoms. The molecular weight excluding hydrogens is 330 g/mol. The Labute approximate surface area is 142 Å². The second-order valence-electron chi connectivity index (χ2n) is 5.05. The van der Waals surface area contributed by atoms with Crippen LogP contribution in [0.5, 0.6) is 5.75 Å². The highest BCUT2D eigenvalue weighted by Crippen LogP contribution is 2.24. The van der Waals surface area contributed by atoms with Crippen molar-refractivity contribution in [2.45, 2.75) is 6.61 Å². The molecule has 3 aromatic rings. The number of furan rings is 1. The first-order valence-corrected chi connectivity index (χ1v) is 7.37. The summed E-state index contributed by atoms with van der Waals surface area (Å²) < 4.78 is 33.8. The fourth-order valence-corrected chi connectivity index (χ4v) is 2.17. The van der Waals surface area contributed by atoms with Crippen molar-refractivity contribution in [3.8, 4) is 17.1 Å². The minimum atomic E-state index is -2.89. The summed E-state index contributed by atoms with van der Waals surface area (Å²) in [4.78, 5) is 12.0. The van der Waals surface area contributed by atoms with E-state index in [9.17, 15) is 13.6 Å². The summed E-state index contributed by atoms with van der Waals surface area (Å²) in [6, 6.07) is 16.3. The number of ether oxygens (including phenoxy) is 1. The zero-order valence-corrected chi connectivity index (χ0v) is 12.9. The van der Waals surface area contributed by atoms with Crippen LogP contribution >= 0.6 is 0 Å². The van der Waals surface area contributed by atoms with Gasteiger partial charge in [-0.15, -0.1) is 0 Å². The molecule has 5 nitrogen and oxygen atoms in total. The van der Waals surface area contributed by atoms with E-state index in [1.54, 1.807) is 6.07 Å². The third kappa shape index (κ3) is 4.57. The van der Waals surface area contributed by atoms with E-state index in [4.69, 9.17) is 4.42 Å². The van der Waals surface area contributed by atoms with Gasteiger partial charge in [0.1, 0.15) is 17.8 Å². The van der Waals surface area contributed by atoms with Gasteiger partial charge in [-0.25, -0.2) is 4.79 Å². The van der Waals surface area contributed by atoms with Crippen molar-refractivity contribution >= 4 is 17.4 Å². The monoisotopic (exact) mass is 344 g/mol. The highest BCUT2D eigenvalue weighted by Gasteiger charge is 2.08. The lowest BCUT2D eigenvalue weighted by Crippen LogP contribution is -2.18. The van der Waals surface area contributed by atoms with Gasteiger partial charge in [0.25, 0.3) is 0 Å². The van der Waals surface area contributed by atoms with E-state index in [1.165, 1.54) is 30.5 Å². The van der Waals surface area contributed by atoms with Gasteiger partial charge in [-0.1, -0.05) is 30.3 Å². The molecule has 7 heteroatoms. The standard InChI is InChI=1S/C18H14F2N2O3/c19-17(20)25-15-8-6-13(7-9-15)21-18(23)22-14-10-16(24-11-14)12-4-2-1-3-5-12/h1-11,17H,(H2,21,22,23). The predicted molar refractivity (Wildman–Crippen MR) is 89.9 cm³/mol. The fraction of sp³-hybridized carbons (Fsp3) is 0.0556. The van der Waals surface area contributed by atoms with E-state index in [2.05, 4.69) is 15.4 Å². The largest absolute Gasteiger partial charge is 0.462 e. The lowest BCUT2D eigenvalue weighted by Gasteiger charge is -2.07. The van der Waals surface area contributed by atoms with Crippen molar-refractivity contribution in [1.82, 2.24) is 0 Å². The second kappa shape index (κ2) is 7.48. The number of hydrogen-bond donors (Lipinski definition) is 2. The van der Waals surface area contributed by atoms with Crippen molar-refractivity contribution in [1.29, 1.82) is 0 Å². The van der Waals surface area contributed by atoms with E-state index >= 15 is 0 Å². The second-order valence-corrected chi connectivity index (χ2v) is 5.05. The van der Waals surface area contributed by atoms with E-state index < -0.39 is 12.6 Å². The Balaban J connectivity index is 1.58. The first kappa shape index (κ1) is 16.5. The molecule has 3 rings (SSSR count). The summed E-state index contributed by atoms with van der Waals surface area (Å²) in [7, 11) is 0. The van der Waals surface area contributed by atoms with E-state index in [0.717, 1.165) is 5.56 Å². The molecule has 1 heterocycles. The van der Waals surface area contributed by atoms with Crippen molar-refractivity contribution in [3.05, 3.63) is 66.9 Å². The van der Waals surface area contributed by atoms with Gasteiger partial charge in [0.15, 0.2) is 0 Å². The summed E-state index contributed by atoms with van der Waals surface area (Å²) in [5.74, 6) is 0.646. The number of halogens is 2. The first-order chi connectivity index (χ1) is 12.1. The highest BCUT2D eigenvalue weighted by molar-refractivity contribution is 5.99. The molecular formula is C18H14F2N2O3. The quantitative estimate of drug-likeness (QED) is 0.669. The van der Waals surface area contributed by atoms with Crippen LogP contribution in [0, 0.1) is 0 Å². The summed E-state index contributed by atoms with van der Waals surface area (Å²) >= 11 is 0. The first-order valence-electron chi connectivity index (χ1n) is 7.37. The molecule has 0 bridgehead atoms. The van der Waals surface area contributed by atoms with Gasteiger partial charge >= 0.3 is 12.6 Å². The van der Waals surface area contributed by atoms with Crippen LogP contribution in [0.2, 0.25) is 0 Å². The Morgan fingerprint density at radius 3 is 2.32 bits per heavy atom. The van der Waals surface area contributed by atoms with Gasteiger partial charge in [0, 0.05) is 17.3 Å². The summed E-state index contributed by atoms with van der Waals surface area (Å²) in [6.07, 6.45) is 1.43. The smallest absolute Gasteiger partial charge is 0.387 e. The molecule has 1 aromatic heterocycles. The Morgan fingerprint density at radius 1 is 0.960 bits per heavy atom. The van der Waals surface area contributed by atoms with Gasteiger partial charge in [-0.05, 0) is 24.3 Å². The van der Waals surface area contributed by atoms with Crippen LogP contribution in [0.25, 0.3) is 11.3 Å². The number of carbonyl (C=O) groups excluding carboxylic acids is 1. The molecule has 0 atom stereocenters. The molecule has 128 valence electrons. The summed E-state index contributed by atoms with van der Waals surface area (Å²) in [5.41, 5.74) is 1.82. The van der Waals surface area contributed by atoms with E-state index in [1.807, 2.05) is 30.3 Å². The Bertz CT molecular complexity index is 833. The van der Waals surface area contributed by atoms with Gasteiger partial charge in [-0.3, -0.25) is 0 Å². The zero-order valence-electron chi connectivity index (χ0n) is 12.9. The minimum absolute atomic E-state index is 0.0169. The molecule has 0 saturated carbocycles. The van der Waals surface area contributed by atoms with Crippen LogP contribution in [-0.2, 0) is 0 Å². The number of anilines is 2. The van der Waals surface area contributed by atoms with Gasteiger partial charge < -0.3 is 19.8 Å². The maximum atomic E-state index is 12.1. The SMILES string of the molecule is O=C(Nc1ccc(OC(F)F)cc1)Nc1coc(-c2ccccc2)c1. The molecule has 0 fully saturated rings. The number of nitrogens with one attached hydrogen (secondary N) is 2. The predicted octanol–water partition coefficient (Wildman–Crippen LogP) is 5.19. The van der Waals surface area contributed by atoms with Gasteiger partial charge in [0.05, 0.1) is 5.69 Å². The van der Waals surface area contributed by atoms with Gasteiger partial charge in [-0.2, -0.15) is 8.78 Å². The molecule has 2 N–H and O–H groups in total. The number of amides is 2. The maximum absolute atomic E-state index is 12.1. The molecule has 0 aliphatic heterocycles. The molecule has 0 aliphatic rings. The van der Waals surface area contributed by atoms with Crippen molar-refractivity contribution in [2.75, 3.05) is 10.6 Å². The molecule has 0 radical (unpaired) electrons. The lowest BCUT2D eigenvalue weighted by molar-refractivity contribution is -0.0498. The van der Waals surface area contributed by atoms with Gasteiger partial charge in [0.2, 0.25) is 0 Å². The molecule has 25 heavy (non-hydrogen) atoms. The molecule has 2 aromatic carbocycles. The van der Waals surface area contributed by atoms with Crippen molar-refractivity contribution < 1.29 is 22.7 Å². The molecule has 0 aliphatic carbocycles. The average Bonchev–Trinajstić information content (AvgIpc) is 3.05. The van der Waals surface area contributed by atoms with Crippen LogP contribution in [-0.4, -0.2) is 12.6 Å². The number of urea groups is 1. The molecule has 0 unspecified atom stereocenters. The summed E-state index contributed by atoms with van der Waals surface area (Å²) in [6.45, 7) is -2.89. The van der Waals surface area contributed by atoms with Crippen LogP contribution in [0.15, 0.2) is 71.3 Å². The Kier molecular flexibility index (Phi) is 4.94. The lowest BCUT2D eigenvalue weighted by atomic mass is 10.2. The molecule has 0 saturated heterocycles. The topological polar surface area (TPSA) is 63.5 Å². The van der Waals surface area contributed by atoms with Crippen LogP contribution in [0.4, 0.5) is 25.0 Å². The third-order valence-electron chi connectivity index (χ3n) is 3.25. The van der Waals surface area contributed by atoms with E-state index in [0.29, 0.717) is 17.1 Å². The fourth-order valence-electron chi connectivity index (χ4n) is 2.17. The number of hydrogen-bond acceptors (Lipinski definition) is 3. The highest BCUT2D eigenvalue weighted by atomic mass is 19.3. The number of carbonyl (C=O) groups is 1. The normalized spacial score (nSPS) is 10.5. The van der Waals surface area contributed by atoms with Crippen LogP contribution < -0.4 is 15.4 Å². The zero-order chi connectivity index (χ0) is 17.6. The number of alkyl halides is 2. The average molecular weight is 344 g/mol. The number of rotatable bonds is 5. The Morgan fingerprint density at radius 2 is 1.64 bits per heavy atom. The van der Waals surface area contributed by atoms with Crippen molar-refractivity contribution in [3.63, 3.8) is 0 Å². The third-order valence-corrected chi connectivity index (χ3v) is 3.25. The van der Waals surface area contributed by atoms with Crippen LogP contribution in [0.1, 0.15) is 0 Å². The number of benzene rings is 2. The minimum Gasteiger partial charge on any atom is -0.462 e. The van der Waals surface area contributed by atoms with Crippen molar-refractivity contribution in [2.24, 2.45) is 0 Å². The molecule has 2 amide bonds. The Hall–Kier alpha value is -3.35. The van der Waals surface area contributed by atoms with E-state index in [-0.39, 0.29) is 5.75 Å². The maximum Gasteiger partial charge on any atom is 0.387 e. The van der Waals surface area contributed by atoms with Crippen LogP contribution in [0.3, 0.4) is 0 Å². The summed E-state index contributed by atoms with van der Waals surface area (Å²) in [5, 5.41) is 5.22.